The van der Waals surface area contributed by atoms with E-state index in [1.807, 2.05) is 0 Å². The van der Waals surface area contributed by atoms with Crippen LogP contribution in [0.2, 0.25) is 0 Å². The van der Waals surface area contributed by atoms with E-state index in [1.54, 1.807) is 0 Å². The second-order valence-corrected chi connectivity index (χ2v) is 18.8. The quantitative estimate of drug-likeness (QED) is 0.165. The second kappa shape index (κ2) is 13.6. The number of anilines is 7. The van der Waals surface area contributed by atoms with E-state index in [1.165, 1.54) is 44.5 Å². The largest absolute Gasteiger partial charge is 0.320 e. The van der Waals surface area contributed by atoms with Crippen molar-refractivity contribution in [2.45, 2.75) is 92.4 Å². The van der Waals surface area contributed by atoms with Gasteiger partial charge in [0.25, 0.3) is 6.71 Å². The minimum atomic E-state index is -0.105. The fourth-order valence-corrected chi connectivity index (χ4v) is 8.31. The lowest BCUT2D eigenvalue weighted by atomic mass is 9.35. The Morgan fingerprint density at radius 1 is 0.554 bits per heavy atom. The zero-order valence-corrected chi connectivity index (χ0v) is 35.1. The Morgan fingerprint density at radius 3 is 1.70 bits per heavy atom. The van der Waals surface area contributed by atoms with E-state index in [0.29, 0.717) is 0 Å². The summed E-state index contributed by atoms with van der Waals surface area (Å²) < 4.78 is 0. The van der Waals surface area contributed by atoms with Gasteiger partial charge in [0.2, 0.25) is 0 Å². The van der Waals surface area contributed by atoms with E-state index in [-0.39, 0.29) is 23.0 Å². The van der Waals surface area contributed by atoms with E-state index in [9.17, 15) is 0 Å². The van der Waals surface area contributed by atoms with Gasteiger partial charge in [0.15, 0.2) is 0 Å². The van der Waals surface area contributed by atoms with Crippen LogP contribution in [0, 0.1) is 13.8 Å². The first-order chi connectivity index (χ1) is 26.5. The average molecular weight is 735 g/mol. The van der Waals surface area contributed by atoms with Crippen molar-refractivity contribution in [3.05, 3.63) is 167 Å². The van der Waals surface area contributed by atoms with Crippen LogP contribution in [0.15, 0.2) is 139 Å². The highest BCUT2D eigenvalue weighted by molar-refractivity contribution is 6.95. The van der Waals surface area contributed by atoms with Gasteiger partial charge in [-0.15, -0.1) is 0 Å². The Balaban J connectivity index is 1.47. The number of hydrogen-bond donors (Lipinski definition) is 0. The molecule has 6 aromatic rings. The molecule has 0 aliphatic carbocycles. The summed E-state index contributed by atoms with van der Waals surface area (Å²) in [5.74, 6) is 0.978. The van der Waals surface area contributed by atoms with Crippen LogP contribution in [0.3, 0.4) is 0 Å². The molecule has 0 saturated carbocycles. The highest BCUT2D eigenvalue weighted by Gasteiger charge is 2.46. The van der Waals surface area contributed by atoms with Gasteiger partial charge in [-0.2, -0.15) is 0 Å². The Bertz CT molecular complexity index is 2440. The number of nitrogens with zero attached hydrogens (tertiary/aromatic N) is 4. The molecule has 282 valence electrons. The van der Waals surface area contributed by atoms with Gasteiger partial charge in [-0.3, -0.25) is 4.90 Å². The number of aryl methyl sites for hydroxylation is 2. The van der Waals surface area contributed by atoms with Crippen molar-refractivity contribution < 1.29 is 0 Å². The smallest absolute Gasteiger partial charge is 0.274 e. The van der Waals surface area contributed by atoms with Crippen LogP contribution < -0.4 is 25.6 Å². The standard InChI is InChI=1S/C51H55BN4/c1-34-17-15-16-20-43(34)55(40-18-13-12-14-19-40)46-33-54(39-26-21-36(22-27-39)49(3,4)5)45-31-35(2)53-48-47(45)52(46)42-30-25-38(51(9,10)11)32-44(42)56(48)41-28-23-37(24-29-41)50(6,7)8/h12-33H,1-11H3. The maximum absolute atomic E-state index is 5.51. The molecule has 0 fully saturated rings. The van der Waals surface area contributed by atoms with E-state index in [4.69, 9.17) is 4.98 Å². The molecule has 0 spiro atoms. The van der Waals surface area contributed by atoms with Gasteiger partial charge in [0.1, 0.15) is 5.82 Å². The second-order valence-electron chi connectivity index (χ2n) is 18.8. The number of rotatable bonds is 5. The number of pyridine rings is 1. The molecule has 4 nitrogen and oxygen atoms in total. The van der Waals surface area contributed by atoms with Crippen molar-refractivity contribution in [2.75, 3.05) is 14.7 Å². The molecule has 2 aliphatic heterocycles. The van der Waals surface area contributed by atoms with Crippen molar-refractivity contribution in [1.82, 2.24) is 4.98 Å². The van der Waals surface area contributed by atoms with E-state index in [2.05, 4.69) is 224 Å². The van der Waals surface area contributed by atoms with Gasteiger partial charge in [-0.05, 0) is 118 Å². The van der Waals surface area contributed by atoms with Crippen molar-refractivity contribution >= 4 is 57.6 Å². The van der Waals surface area contributed by atoms with Crippen LogP contribution in [-0.4, -0.2) is 11.7 Å². The minimum Gasteiger partial charge on any atom is -0.320 e. The number of aromatic nitrogens is 1. The van der Waals surface area contributed by atoms with Crippen LogP contribution in [-0.2, 0) is 16.2 Å². The van der Waals surface area contributed by atoms with Crippen LogP contribution in [0.25, 0.3) is 0 Å². The summed E-state index contributed by atoms with van der Waals surface area (Å²) in [7, 11) is 0. The number of para-hydroxylation sites is 2. The summed E-state index contributed by atoms with van der Waals surface area (Å²) in [6.07, 6.45) is 2.40. The summed E-state index contributed by atoms with van der Waals surface area (Å²) in [5, 5.41) is 0. The number of fused-ring (bicyclic) bond motifs is 2. The van der Waals surface area contributed by atoms with Gasteiger partial charge < -0.3 is 9.80 Å². The van der Waals surface area contributed by atoms with Crippen molar-refractivity contribution in [3.8, 4) is 0 Å². The lowest BCUT2D eigenvalue weighted by Gasteiger charge is -2.45. The fraction of sp³-hybridized carbons (Fsp3) is 0.275. The lowest BCUT2D eigenvalue weighted by molar-refractivity contribution is 0.590. The zero-order valence-electron chi connectivity index (χ0n) is 35.1. The molecule has 3 heterocycles. The molecule has 8 rings (SSSR count). The zero-order chi connectivity index (χ0) is 39.7. The highest BCUT2D eigenvalue weighted by Crippen LogP contribution is 2.46. The molecule has 1 aromatic heterocycles. The third-order valence-electron chi connectivity index (χ3n) is 11.5. The molecule has 0 radical (unpaired) electrons. The van der Waals surface area contributed by atoms with Crippen molar-refractivity contribution in [3.63, 3.8) is 0 Å². The molecule has 5 heteroatoms. The SMILES string of the molecule is Cc1cc2c3c(n1)N(c1ccc(C(C)(C)C)cc1)c1cc(C(C)(C)C)ccc1B3C(N(c1ccccc1)c1ccccc1C)=CN2c1ccc(C(C)(C)C)cc1. The van der Waals surface area contributed by atoms with Crippen LogP contribution in [0.4, 0.5) is 39.9 Å². The summed E-state index contributed by atoms with van der Waals surface area (Å²) in [5.41, 5.74) is 16.7. The Labute approximate surface area is 335 Å². The molecular formula is C51H55BN4. The molecule has 5 aromatic carbocycles. The minimum absolute atomic E-state index is 0.0409. The number of hydrogen-bond acceptors (Lipinski definition) is 4. The number of benzene rings is 5. The molecule has 2 aliphatic rings. The van der Waals surface area contributed by atoms with Crippen LogP contribution in [0.5, 0.6) is 0 Å². The first-order valence-corrected chi connectivity index (χ1v) is 20.1. The average Bonchev–Trinajstić information content (AvgIpc) is 3.15. The predicted molar refractivity (Wildman–Crippen MR) is 241 cm³/mol. The van der Waals surface area contributed by atoms with E-state index < -0.39 is 0 Å². The monoisotopic (exact) mass is 734 g/mol. The highest BCUT2D eigenvalue weighted by atomic mass is 15.2. The molecular weight excluding hydrogens is 679 g/mol. The third kappa shape index (κ3) is 6.61. The molecule has 0 bridgehead atoms. The summed E-state index contributed by atoms with van der Waals surface area (Å²) in [6, 6.07) is 47.4. The Kier molecular flexibility index (Phi) is 9.07. The molecule has 0 amide bonds. The van der Waals surface area contributed by atoms with Gasteiger partial charge in [0.05, 0.1) is 0 Å². The predicted octanol–water partition coefficient (Wildman–Crippen LogP) is 12.4. The van der Waals surface area contributed by atoms with E-state index in [0.717, 1.165) is 39.9 Å². The Hall–Kier alpha value is -5.55. The molecule has 0 unspecified atom stereocenters. The summed E-state index contributed by atoms with van der Waals surface area (Å²) in [4.78, 5) is 12.8. The summed E-state index contributed by atoms with van der Waals surface area (Å²) in [6.45, 7) is 24.8. The Morgan fingerprint density at radius 2 is 1.11 bits per heavy atom. The van der Waals surface area contributed by atoms with E-state index >= 15 is 0 Å². The first kappa shape index (κ1) is 37.4. The first-order valence-electron chi connectivity index (χ1n) is 20.1. The maximum Gasteiger partial charge on any atom is 0.274 e. The maximum atomic E-state index is 5.51. The van der Waals surface area contributed by atoms with Crippen molar-refractivity contribution in [1.29, 1.82) is 0 Å². The lowest BCUT2D eigenvalue weighted by Crippen LogP contribution is -2.58. The van der Waals surface area contributed by atoms with Crippen LogP contribution in [0.1, 0.15) is 90.3 Å². The van der Waals surface area contributed by atoms with Gasteiger partial charge in [-0.1, -0.05) is 135 Å². The van der Waals surface area contributed by atoms with Gasteiger partial charge >= 0.3 is 0 Å². The topological polar surface area (TPSA) is 22.6 Å². The van der Waals surface area contributed by atoms with Crippen molar-refractivity contribution in [2.24, 2.45) is 0 Å². The van der Waals surface area contributed by atoms with Gasteiger partial charge in [0, 0.05) is 51.6 Å². The van der Waals surface area contributed by atoms with Crippen LogP contribution >= 0.6 is 0 Å². The molecule has 56 heavy (non-hydrogen) atoms. The third-order valence-corrected chi connectivity index (χ3v) is 11.5. The van der Waals surface area contributed by atoms with Gasteiger partial charge in [-0.25, -0.2) is 4.98 Å². The molecule has 0 saturated heterocycles. The fourth-order valence-electron chi connectivity index (χ4n) is 8.31. The molecule has 0 atom stereocenters. The summed E-state index contributed by atoms with van der Waals surface area (Å²) >= 11 is 0. The molecule has 0 N–H and O–H groups in total. The normalized spacial score (nSPS) is 14.0.